The average molecular weight is 295 g/mol. The molecule has 1 saturated heterocycles. The summed E-state index contributed by atoms with van der Waals surface area (Å²) in [5, 5.41) is 7.54. The number of anilines is 2. The van der Waals surface area contributed by atoms with Crippen LogP contribution in [0.25, 0.3) is 0 Å². The van der Waals surface area contributed by atoms with Gasteiger partial charge in [0.2, 0.25) is 0 Å². The monoisotopic (exact) mass is 295 g/mol. The summed E-state index contributed by atoms with van der Waals surface area (Å²) >= 11 is 1.57. The summed E-state index contributed by atoms with van der Waals surface area (Å²) in [5.74, 6) is 2.55. The average Bonchev–Trinajstić information content (AvgIpc) is 2.93. The Morgan fingerprint density at radius 3 is 2.65 bits per heavy atom. The molecule has 0 radical (unpaired) electrons. The molecule has 6 heteroatoms. The molecule has 1 aromatic heterocycles. The predicted molar refractivity (Wildman–Crippen MR) is 86.7 cm³/mol. The highest BCUT2D eigenvalue weighted by Crippen LogP contribution is 2.19. The minimum absolute atomic E-state index is 0.727. The lowest BCUT2D eigenvalue weighted by molar-refractivity contribution is 0.345. The zero-order valence-electron chi connectivity index (χ0n) is 12.6. The summed E-state index contributed by atoms with van der Waals surface area (Å²) in [5.41, 5.74) is 0. The molecule has 0 spiro atoms. The second-order valence-corrected chi connectivity index (χ2v) is 5.86. The summed E-state index contributed by atoms with van der Waals surface area (Å²) in [6.45, 7) is 9.76. The number of hydrogen-bond donors (Lipinski definition) is 2. The lowest BCUT2D eigenvalue weighted by atomic mass is 10.1. The van der Waals surface area contributed by atoms with E-state index in [9.17, 15) is 0 Å². The van der Waals surface area contributed by atoms with Gasteiger partial charge in [-0.2, -0.15) is 0 Å². The Bertz CT molecular complexity index is 426. The van der Waals surface area contributed by atoms with Crippen molar-refractivity contribution in [2.75, 3.05) is 49.6 Å². The number of hydrogen-bond acceptors (Lipinski definition) is 6. The van der Waals surface area contributed by atoms with Gasteiger partial charge in [0.25, 0.3) is 0 Å². The second kappa shape index (κ2) is 7.69. The number of nitrogens with zero attached hydrogens (tertiary/aromatic N) is 3. The summed E-state index contributed by atoms with van der Waals surface area (Å²) in [7, 11) is 0. The minimum atomic E-state index is 0.727. The van der Waals surface area contributed by atoms with Crippen LogP contribution in [0.2, 0.25) is 0 Å². The highest BCUT2D eigenvalue weighted by Gasteiger charge is 2.20. The van der Waals surface area contributed by atoms with E-state index in [1.54, 1.807) is 11.8 Å². The van der Waals surface area contributed by atoms with Crippen LogP contribution in [-0.4, -0.2) is 53.8 Å². The molecule has 1 atom stereocenters. The maximum atomic E-state index is 4.52. The van der Waals surface area contributed by atoms with Crippen LogP contribution < -0.4 is 10.6 Å². The Labute approximate surface area is 125 Å². The summed E-state index contributed by atoms with van der Waals surface area (Å²) in [4.78, 5) is 11.5. The van der Waals surface area contributed by atoms with Crippen molar-refractivity contribution in [1.82, 2.24) is 14.9 Å². The van der Waals surface area contributed by atoms with E-state index in [1.807, 2.05) is 12.3 Å². The van der Waals surface area contributed by atoms with Gasteiger partial charge >= 0.3 is 0 Å². The molecule has 0 aromatic carbocycles. The van der Waals surface area contributed by atoms with Crippen molar-refractivity contribution in [2.24, 2.45) is 5.92 Å². The molecule has 20 heavy (non-hydrogen) atoms. The van der Waals surface area contributed by atoms with E-state index in [-0.39, 0.29) is 0 Å². The molecule has 0 amide bonds. The molecule has 0 bridgehead atoms. The number of thioether (sulfide) groups is 1. The molecule has 0 saturated carbocycles. The van der Waals surface area contributed by atoms with Crippen LogP contribution in [-0.2, 0) is 0 Å². The van der Waals surface area contributed by atoms with Crippen molar-refractivity contribution in [1.29, 1.82) is 0 Å². The molecular weight excluding hydrogens is 270 g/mol. The van der Waals surface area contributed by atoms with E-state index in [1.165, 1.54) is 19.5 Å². The number of likely N-dealkylation sites (tertiary alicyclic amines) is 1. The van der Waals surface area contributed by atoms with E-state index >= 15 is 0 Å². The van der Waals surface area contributed by atoms with E-state index in [0.29, 0.717) is 0 Å². The Morgan fingerprint density at radius 2 is 2.05 bits per heavy atom. The quantitative estimate of drug-likeness (QED) is 0.595. The van der Waals surface area contributed by atoms with Gasteiger partial charge in [0.15, 0.2) is 5.16 Å². The van der Waals surface area contributed by atoms with Crippen LogP contribution in [0.1, 0.15) is 20.3 Å². The highest BCUT2D eigenvalue weighted by atomic mass is 32.2. The van der Waals surface area contributed by atoms with Gasteiger partial charge in [-0.15, -0.1) is 0 Å². The molecule has 5 nitrogen and oxygen atoms in total. The van der Waals surface area contributed by atoms with Gasteiger partial charge in [-0.05, 0) is 38.6 Å². The third-order valence-corrected chi connectivity index (χ3v) is 4.18. The van der Waals surface area contributed by atoms with Crippen molar-refractivity contribution in [3.8, 4) is 0 Å². The summed E-state index contributed by atoms with van der Waals surface area (Å²) in [6, 6.07) is 2.00. The first kappa shape index (κ1) is 15.4. The zero-order chi connectivity index (χ0) is 14.4. The maximum absolute atomic E-state index is 4.52. The number of nitrogens with one attached hydrogen (secondary N) is 2. The Hall–Kier alpha value is -1.01. The normalized spacial score (nSPS) is 19.2. The highest BCUT2D eigenvalue weighted by molar-refractivity contribution is 7.98. The number of aromatic nitrogens is 2. The molecular formula is C14H25N5S. The third kappa shape index (κ3) is 4.24. The molecule has 112 valence electrons. The topological polar surface area (TPSA) is 53.1 Å². The SMILES string of the molecule is CCNc1cc(NCC2CCN(CC)C2)nc(SC)n1. The lowest BCUT2D eigenvalue weighted by Crippen LogP contribution is -2.22. The van der Waals surface area contributed by atoms with E-state index in [0.717, 1.165) is 42.3 Å². The van der Waals surface area contributed by atoms with Gasteiger partial charge in [-0.1, -0.05) is 18.7 Å². The maximum Gasteiger partial charge on any atom is 0.191 e. The fourth-order valence-corrected chi connectivity index (χ4v) is 2.87. The number of rotatable bonds is 7. The van der Waals surface area contributed by atoms with E-state index in [4.69, 9.17) is 0 Å². The summed E-state index contributed by atoms with van der Waals surface area (Å²) < 4.78 is 0. The Morgan fingerprint density at radius 1 is 1.30 bits per heavy atom. The van der Waals surface area contributed by atoms with Gasteiger partial charge < -0.3 is 15.5 Å². The van der Waals surface area contributed by atoms with Gasteiger partial charge in [-0.25, -0.2) is 9.97 Å². The molecule has 2 N–H and O–H groups in total. The van der Waals surface area contributed by atoms with Crippen LogP contribution in [0, 0.1) is 5.92 Å². The van der Waals surface area contributed by atoms with Crippen LogP contribution in [0.5, 0.6) is 0 Å². The first-order valence-electron chi connectivity index (χ1n) is 7.38. The molecule has 1 fully saturated rings. The van der Waals surface area contributed by atoms with Crippen molar-refractivity contribution in [2.45, 2.75) is 25.4 Å². The van der Waals surface area contributed by atoms with E-state index in [2.05, 4.69) is 39.3 Å². The van der Waals surface area contributed by atoms with Gasteiger partial charge in [0, 0.05) is 25.7 Å². The smallest absolute Gasteiger partial charge is 0.191 e. The first-order chi connectivity index (χ1) is 9.75. The Kier molecular flexibility index (Phi) is 5.91. The predicted octanol–water partition coefficient (Wildman–Crippen LogP) is 2.38. The first-order valence-corrected chi connectivity index (χ1v) is 8.60. The van der Waals surface area contributed by atoms with Crippen LogP contribution in [0.4, 0.5) is 11.6 Å². The van der Waals surface area contributed by atoms with Crippen LogP contribution >= 0.6 is 11.8 Å². The van der Waals surface area contributed by atoms with Gasteiger partial charge in [0.05, 0.1) is 0 Å². The minimum Gasteiger partial charge on any atom is -0.370 e. The van der Waals surface area contributed by atoms with E-state index < -0.39 is 0 Å². The van der Waals surface area contributed by atoms with Gasteiger partial charge in [0.1, 0.15) is 11.6 Å². The molecule has 0 aliphatic carbocycles. The third-order valence-electron chi connectivity index (χ3n) is 3.64. The molecule has 1 aliphatic rings. The standard InChI is InChI=1S/C14H25N5S/c1-4-15-12-8-13(18-14(17-12)20-3)16-9-11-6-7-19(5-2)10-11/h8,11H,4-7,9-10H2,1-3H3,(H2,15,16,17,18). The summed E-state index contributed by atoms with van der Waals surface area (Å²) in [6.07, 6.45) is 3.28. The fourth-order valence-electron chi connectivity index (χ4n) is 2.49. The van der Waals surface area contributed by atoms with Crippen molar-refractivity contribution in [3.05, 3.63) is 6.07 Å². The van der Waals surface area contributed by atoms with Crippen LogP contribution in [0.3, 0.4) is 0 Å². The Balaban J connectivity index is 1.93. The fraction of sp³-hybridized carbons (Fsp3) is 0.714. The van der Waals surface area contributed by atoms with Crippen LogP contribution in [0.15, 0.2) is 11.2 Å². The molecule has 1 unspecified atom stereocenters. The molecule has 2 rings (SSSR count). The van der Waals surface area contributed by atoms with Crippen molar-refractivity contribution >= 4 is 23.4 Å². The zero-order valence-corrected chi connectivity index (χ0v) is 13.5. The second-order valence-electron chi connectivity index (χ2n) is 5.08. The van der Waals surface area contributed by atoms with Crippen molar-refractivity contribution in [3.63, 3.8) is 0 Å². The van der Waals surface area contributed by atoms with Gasteiger partial charge in [-0.3, -0.25) is 0 Å². The molecule has 2 heterocycles. The molecule has 1 aliphatic heterocycles. The largest absolute Gasteiger partial charge is 0.370 e. The van der Waals surface area contributed by atoms with Crippen molar-refractivity contribution < 1.29 is 0 Å². The molecule has 1 aromatic rings. The lowest BCUT2D eigenvalue weighted by Gasteiger charge is -2.15.